The van der Waals surface area contributed by atoms with Gasteiger partial charge in [0.2, 0.25) is 5.91 Å². The molecule has 1 aliphatic rings. The summed E-state index contributed by atoms with van der Waals surface area (Å²) in [5.74, 6) is 0.00881. The molecule has 0 atom stereocenters. The lowest BCUT2D eigenvalue weighted by molar-refractivity contribution is -0.122. The molecule has 2 aromatic rings. The SMILES string of the molecule is C=C(Cc1ccccc1)NC(=O)CCCOc1ccc(S(=O)(=O)C2(C(C)=O)CCOCC2)cc1. The predicted octanol–water partition coefficient (Wildman–Crippen LogP) is 3.63. The van der Waals surface area contributed by atoms with Gasteiger partial charge in [-0.05, 0) is 56.0 Å². The Morgan fingerprint density at radius 1 is 1.06 bits per heavy atom. The largest absolute Gasteiger partial charge is 0.494 e. The number of amides is 1. The van der Waals surface area contributed by atoms with Crippen molar-refractivity contribution in [2.75, 3.05) is 19.8 Å². The van der Waals surface area contributed by atoms with Gasteiger partial charge in [0, 0.05) is 31.8 Å². The van der Waals surface area contributed by atoms with Gasteiger partial charge in [0.1, 0.15) is 10.5 Å². The van der Waals surface area contributed by atoms with Gasteiger partial charge in [-0.2, -0.15) is 0 Å². The van der Waals surface area contributed by atoms with Crippen molar-refractivity contribution in [1.82, 2.24) is 5.32 Å². The quantitative estimate of drug-likeness (QED) is 0.488. The van der Waals surface area contributed by atoms with Gasteiger partial charge < -0.3 is 14.8 Å². The first-order valence-electron chi connectivity index (χ1n) is 11.3. The summed E-state index contributed by atoms with van der Waals surface area (Å²) in [4.78, 5) is 24.5. The fraction of sp³-hybridized carbons (Fsp3) is 0.385. The van der Waals surface area contributed by atoms with Crippen LogP contribution in [0.1, 0.15) is 38.2 Å². The van der Waals surface area contributed by atoms with Crippen molar-refractivity contribution in [3.05, 3.63) is 72.4 Å². The van der Waals surface area contributed by atoms with Gasteiger partial charge in [0.05, 0.1) is 11.5 Å². The predicted molar refractivity (Wildman–Crippen MR) is 129 cm³/mol. The molecule has 1 saturated heterocycles. The molecule has 0 bridgehead atoms. The molecule has 0 aromatic heterocycles. The van der Waals surface area contributed by atoms with Crippen molar-refractivity contribution in [2.45, 2.75) is 48.7 Å². The van der Waals surface area contributed by atoms with Crippen molar-refractivity contribution in [3.8, 4) is 5.75 Å². The highest BCUT2D eigenvalue weighted by molar-refractivity contribution is 7.93. The van der Waals surface area contributed by atoms with Crippen molar-refractivity contribution in [3.63, 3.8) is 0 Å². The summed E-state index contributed by atoms with van der Waals surface area (Å²) in [5, 5.41) is 2.80. The highest BCUT2D eigenvalue weighted by Crippen LogP contribution is 2.36. The van der Waals surface area contributed by atoms with E-state index in [-0.39, 0.29) is 49.1 Å². The first kappa shape index (κ1) is 25.6. The molecule has 8 heteroatoms. The highest BCUT2D eigenvalue weighted by atomic mass is 32.2. The maximum Gasteiger partial charge on any atom is 0.224 e. The molecule has 1 amide bonds. The smallest absolute Gasteiger partial charge is 0.224 e. The number of nitrogens with one attached hydrogen (secondary N) is 1. The molecule has 1 N–H and O–H groups in total. The molecule has 0 spiro atoms. The molecule has 0 unspecified atom stereocenters. The fourth-order valence-corrected chi connectivity index (χ4v) is 6.05. The van der Waals surface area contributed by atoms with E-state index < -0.39 is 14.6 Å². The van der Waals surface area contributed by atoms with Crippen molar-refractivity contribution in [1.29, 1.82) is 0 Å². The summed E-state index contributed by atoms with van der Waals surface area (Å²) in [6.45, 7) is 6.02. The van der Waals surface area contributed by atoms with E-state index in [1.54, 1.807) is 12.1 Å². The third-order valence-corrected chi connectivity index (χ3v) is 8.60. The topological polar surface area (TPSA) is 98.8 Å². The Morgan fingerprint density at radius 3 is 2.32 bits per heavy atom. The van der Waals surface area contributed by atoms with Gasteiger partial charge in [-0.1, -0.05) is 36.9 Å². The molecule has 1 heterocycles. The third kappa shape index (κ3) is 6.12. The molecule has 0 aliphatic carbocycles. The van der Waals surface area contributed by atoms with Gasteiger partial charge in [-0.25, -0.2) is 8.42 Å². The van der Waals surface area contributed by atoms with E-state index in [0.717, 1.165) is 5.56 Å². The van der Waals surface area contributed by atoms with Gasteiger partial charge in [0.25, 0.3) is 0 Å². The van der Waals surface area contributed by atoms with Crippen LogP contribution in [0.2, 0.25) is 0 Å². The zero-order valence-electron chi connectivity index (χ0n) is 19.4. The van der Waals surface area contributed by atoms with Gasteiger partial charge in [0.15, 0.2) is 15.6 Å². The van der Waals surface area contributed by atoms with Crippen LogP contribution in [-0.2, 0) is 30.6 Å². The van der Waals surface area contributed by atoms with Crippen molar-refractivity contribution >= 4 is 21.5 Å². The molecule has 2 aromatic carbocycles. The Morgan fingerprint density at radius 2 is 1.71 bits per heavy atom. The molecule has 3 rings (SSSR count). The zero-order chi connectivity index (χ0) is 24.6. The maximum absolute atomic E-state index is 13.2. The number of hydrogen-bond acceptors (Lipinski definition) is 6. The Labute approximate surface area is 201 Å². The lowest BCUT2D eigenvalue weighted by Gasteiger charge is -2.34. The van der Waals surface area contributed by atoms with Crippen molar-refractivity contribution < 1.29 is 27.5 Å². The summed E-state index contributed by atoms with van der Waals surface area (Å²) in [6, 6.07) is 15.8. The van der Waals surface area contributed by atoms with Crippen LogP contribution in [0.15, 0.2) is 71.8 Å². The van der Waals surface area contributed by atoms with Gasteiger partial charge in [-0.3, -0.25) is 9.59 Å². The lowest BCUT2D eigenvalue weighted by Crippen LogP contribution is -2.49. The number of benzene rings is 2. The van der Waals surface area contributed by atoms with Crippen LogP contribution in [0, 0.1) is 0 Å². The molecule has 1 aliphatic heterocycles. The minimum absolute atomic E-state index is 0.0910. The van der Waals surface area contributed by atoms with Crippen LogP contribution in [0.25, 0.3) is 0 Å². The summed E-state index contributed by atoms with van der Waals surface area (Å²) in [7, 11) is -3.86. The average molecular weight is 486 g/mol. The first-order valence-corrected chi connectivity index (χ1v) is 12.8. The number of allylic oxidation sites excluding steroid dienone is 1. The van der Waals surface area contributed by atoms with Crippen LogP contribution in [0.4, 0.5) is 0 Å². The van der Waals surface area contributed by atoms with E-state index >= 15 is 0 Å². The number of ketones is 1. The number of Topliss-reactive ketones (excluding diaryl/α,β-unsaturated/α-hetero) is 1. The van der Waals surface area contributed by atoms with Crippen molar-refractivity contribution in [2.24, 2.45) is 0 Å². The van der Waals surface area contributed by atoms with E-state index in [1.807, 2.05) is 30.3 Å². The second kappa shape index (κ2) is 11.4. The summed E-state index contributed by atoms with van der Waals surface area (Å²) in [5.41, 5.74) is 1.72. The van der Waals surface area contributed by atoms with E-state index in [9.17, 15) is 18.0 Å². The Hall–Kier alpha value is -2.97. The van der Waals surface area contributed by atoms with Gasteiger partial charge >= 0.3 is 0 Å². The number of ether oxygens (including phenoxy) is 2. The summed E-state index contributed by atoms with van der Waals surface area (Å²) < 4.78 is 36.0. The molecule has 182 valence electrons. The van der Waals surface area contributed by atoms with Crippen LogP contribution < -0.4 is 10.1 Å². The molecule has 34 heavy (non-hydrogen) atoms. The van der Waals surface area contributed by atoms with E-state index in [2.05, 4.69) is 11.9 Å². The van der Waals surface area contributed by atoms with Crippen LogP contribution >= 0.6 is 0 Å². The number of carbonyl (C=O) groups is 2. The molecule has 7 nitrogen and oxygen atoms in total. The third-order valence-electron chi connectivity index (χ3n) is 5.98. The number of sulfone groups is 1. The molecule has 0 saturated carbocycles. The van der Waals surface area contributed by atoms with E-state index in [0.29, 0.717) is 30.9 Å². The summed E-state index contributed by atoms with van der Waals surface area (Å²) in [6.07, 6.45) is 1.67. The minimum Gasteiger partial charge on any atom is -0.494 e. The summed E-state index contributed by atoms with van der Waals surface area (Å²) >= 11 is 0. The Balaban J connectivity index is 1.47. The lowest BCUT2D eigenvalue weighted by atomic mass is 9.95. The Kier molecular flexibility index (Phi) is 8.63. The highest BCUT2D eigenvalue weighted by Gasteiger charge is 2.49. The molecule has 1 fully saturated rings. The van der Waals surface area contributed by atoms with Crippen LogP contribution in [0.5, 0.6) is 5.75 Å². The minimum atomic E-state index is -3.86. The normalized spacial score (nSPS) is 15.3. The second-order valence-corrected chi connectivity index (χ2v) is 10.7. The molecular weight excluding hydrogens is 454 g/mol. The second-order valence-electron chi connectivity index (χ2n) is 8.40. The number of hydrogen-bond donors (Lipinski definition) is 1. The fourth-order valence-electron chi connectivity index (χ4n) is 4.02. The zero-order valence-corrected chi connectivity index (χ0v) is 20.2. The maximum atomic E-state index is 13.2. The van der Waals surface area contributed by atoms with E-state index in [1.165, 1.54) is 19.1 Å². The standard InChI is InChI=1S/C26H31NO6S/c1-20(19-22-7-4-3-5-8-22)27-25(29)9-6-16-33-23-10-12-24(13-11-23)34(30,31)26(21(2)28)14-17-32-18-15-26/h3-5,7-8,10-13H,1,6,9,14-19H2,2H3,(H,27,29). The molecular formula is C26H31NO6S. The van der Waals surface area contributed by atoms with Crippen LogP contribution in [0.3, 0.4) is 0 Å². The Bertz CT molecular complexity index is 1100. The average Bonchev–Trinajstić information content (AvgIpc) is 2.83. The molecule has 0 radical (unpaired) electrons. The van der Waals surface area contributed by atoms with Gasteiger partial charge in [-0.15, -0.1) is 0 Å². The number of carbonyl (C=O) groups excluding carboxylic acids is 2. The van der Waals surface area contributed by atoms with Crippen LogP contribution in [-0.4, -0.2) is 44.7 Å². The first-order chi connectivity index (χ1) is 16.2. The number of rotatable bonds is 11. The van der Waals surface area contributed by atoms with E-state index in [4.69, 9.17) is 9.47 Å². The monoisotopic (exact) mass is 485 g/mol.